The van der Waals surface area contributed by atoms with Crippen LogP contribution in [0.4, 0.5) is 11.4 Å². The summed E-state index contributed by atoms with van der Waals surface area (Å²) in [5.41, 5.74) is 1.46. The van der Waals surface area contributed by atoms with E-state index in [9.17, 15) is 9.59 Å². The molecule has 5 nitrogen and oxygen atoms in total. The van der Waals surface area contributed by atoms with Crippen molar-refractivity contribution in [1.29, 1.82) is 0 Å². The predicted molar refractivity (Wildman–Crippen MR) is 114 cm³/mol. The summed E-state index contributed by atoms with van der Waals surface area (Å²) in [6.45, 7) is 4.27. The first-order valence-corrected chi connectivity index (χ1v) is 9.95. The van der Waals surface area contributed by atoms with Crippen LogP contribution in [-0.4, -0.2) is 24.9 Å². The normalized spacial score (nSPS) is 15.4. The molecule has 1 aromatic heterocycles. The summed E-state index contributed by atoms with van der Waals surface area (Å²) < 4.78 is 0. The van der Waals surface area contributed by atoms with Crippen LogP contribution in [0.1, 0.15) is 35.9 Å². The standard InChI is InChI=1S/C20H25N3O2S.ClH/c1-14(15-8-10-21-11-9-15)13-19(24)22-16-4-6-17(7-5-16)23-20(25)18-3-2-12-26-18;/h2-7,12,14-15,21H,8-11,13H2,1H3,(H,22,24)(H,23,25);1H. The third-order valence-corrected chi connectivity index (χ3v) is 5.74. The molecule has 0 aliphatic carbocycles. The molecule has 0 saturated carbocycles. The van der Waals surface area contributed by atoms with Gasteiger partial charge in [0.25, 0.3) is 5.91 Å². The van der Waals surface area contributed by atoms with Gasteiger partial charge in [-0.15, -0.1) is 23.7 Å². The van der Waals surface area contributed by atoms with Crippen LogP contribution < -0.4 is 16.0 Å². The van der Waals surface area contributed by atoms with E-state index in [0.29, 0.717) is 28.8 Å². The maximum absolute atomic E-state index is 12.3. The van der Waals surface area contributed by atoms with Gasteiger partial charge in [-0.05, 0) is 73.5 Å². The molecule has 3 N–H and O–H groups in total. The maximum atomic E-state index is 12.3. The lowest BCUT2D eigenvalue weighted by atomic mass is 9.84. The van der Waals surface area contributed by atoms with Crippen molar-refractivity contribution in [2.24, 2.45) is 11.8 Å². The Hall–Kier alpha value is -1.89. The second kappa shape index (κ2) is 10.4. The van der Waals surface area contributed by atoms with Gasteiger partial charge in [-0.25, -0.2) is 0 Å². The molecule has 1 atom stereocenters. The first-order valence-electron chi connectivity index (χ1n) is 9.07. The van der Waals surface area contributed by atoms with Gasteiger partial charge in [0.05, 0.1) is 4.88 Å². The van der Waals surface area contributed by atoms with E-state index >= 15 is 0 Å². The van der Waals surface area contributed by atoms with Gasteiger partial charge in [0.15, 0.2) is 0 Å². The highest BCUT2D eigenvalue weighted by molar-refractivity contribution is 7.12. The van der Waals surface area contributed by atoms with Crippen molar-refractivity contribution in [2.75, 3.05) is 23.7 Å². The minimum absolute atomic E-state index is 0. The van der Waals surface area contributed by atoms with Gasteiger partial charge in [0.1, 0.15) is 0 Å². The quantitative estimate of drug-likeness (QED) is 0.665. The number of amides is 2. The van der Waals surface area contributed by atoms with Gasteiger partial charge in [0.2, 0.25) is 5.91 Å². The Balaban J connectivity index is 0.00000261. The van der Waals surface area contributed by atoms with Gasteiger partial charge >= 0.3 is 0 Å². The molecule has 7 heteroatoms. The first-order chi connectivity index (χ1) is 12.6. The Morgan fingerprint density at radius 1 is 1.11 bits per heavy atom. The van der Waals surface area contributed by atoms with E-state index in [-0.39, 0.29) is 24.2 Å². The molecule has 1 unspecified atom stereocenters. The monoisotopic (exact) mass is 407 g/mol. The van der Waals surface area contributed by atoms with Gasteiger partial charge in [-0.1, -0.05) is 13.0 Å². The molecule has 0 spiro atoms. The van der Waals surface area contributed by atoms with Gasteiger partial charge in [-0.3, -0.25) is 9.59 Å². The van der Waals surface area contributed by atoms with Gasteiger partial charge in [-0.2, -0.15) is 0 Å². The molecule has 2 heterocycles. The van der Waals surface area contributed by atoms with Crippen molar-refractivity contribution in [3.8, 4) is 0 Å². The van der Waals surface area contributed by atoms with Crippen molar-refractivity contribution in [2.45, 2.75) is 26.2 Å². The molecule has 1 fully saturated rings. The molecule has 2 aromatic rings. The average Bonchev–Trinajstić information content (AvgIpc) is 3.19. The molecule has 1 saturated heterocycles. The number of hydrogen-bond donors (Lipinski definition) is 3. The number of halogens is 1. The van der Waals surface area contributed by atoms with Crippen LogP contribution in [0, 0.1) is 11.8 Å². The molecule has 1 aliphatic rings. The number of thiophene rings is 1. The fraction of sp³-hybridized carbons (Fsp3) is 0.400. The van der Waals surface area contributed by atoms with Crippen LogP contribution in [0.2, 0.25) is 0 Å². The van der Waals surface area contributed by atoms with Crippen LogP contribution in [0.25, 0.3) is 0 Å². The summed E-state index contributed by atoms with van der Waals surface area (Å²) in [6.07, 6.45) is 2.84. The van der Waals surface area contributed by atoms with E-state index in [0.717, 1.165) is 31.6 Å². The van der Waals surface area contributed by atoms with Crippen molar-refractivity contribution < 1.29 is 9.59 Å². The van der Waals surface area contributed by atoms with E-state index in [4.69, 9.17) is 0 Å². The van der Waals surface area contributed by atoms with Gasteiger partial charge in [0, 0.05) is 17.8 Å². The molecule has 1 aliphatic heterocycles. The van der Waals surface area contributed by atoms with E-state index in [1.54, 1.807) is 18.2 Å². The highest BCUT2D eigenvalue weighted by Crippen LogP contribution is 2.25. The van der Waals surface area contributed by atoms with Crippen molar-refractivity contribution in [3.63, 3.8) is 0 Å². The lowest BCUT2D eigenvalue weighted by Gasteiger charge is -2.27. The fourth-order valence-corrected chi connectivity index (χ4v) is 3.94. The SMILES string of the molecule is CC(CC(=O)Nc1ccc(NC(=O)c2cccs2)cc1)C1CCNCC1.Cl. The largest absolute Gasteiger partial charge is 0.326 e. The van der Waals surface area contributed by atoms with E-state index in [2.05, 4.69) is 22.9 Å². The minimum atomic E-state index is -0.118. The molecule has 0 radical (unpaired) electrons. The minimum Gasteiger partial charge on any atom is -0.326 e. The molecular weight excluding hydrogens is 382 g/mol. The summed E-state index contributed by atoms with van der Waals surface area (Å²) in [5, 5.41) is 11.0. The lowest BCUT2D eigenvalue weighted by Crippen LogP contribution is -2.32. The molecule has 27 heavy (non-hydrogen) atoms. The van der Waals surface area contributed by atoms with E-state index in [1.807, 2.05) is 23.6 Å². The Morgan fingerprint density at radius 3 is 2.33 bits per heavy atom. The van der Waals surface area contributed by atoms with Crippen LogP contribution in [0.3, 0.4) is 0 Å². The van der Waals surface area contributed by atoms with Crippen LogP contribution in [0.5, 0.6) is 0 Å². The summed E-state index contributed by atoms with van der Waals surface area (Å²) in [7, 11) is 0. The topological polar surface area (TPSA) is 70.2 Å². The summed E-state index contributed by atoms with van der Waals surface area (Å²) in [6, 6.07) is 10.9. The van der Waals surface area contributed by atoms with Crippen molar-refractivity contribution in [3.05, 3.63) is 46.7 Å². The van der Waals surface area contributed by atoms with Crippen molar-refractivity contribution >= 4 is 46.9 Å². The predicted octanol–water partition coefficient (Wildman–Crippen LogP) is 4.39. The molecular formula is C20H26ClN3O2S. The zero-order valence-corrected chi connectivity index (χ0v) is 17.0. The van der Waals surface area contributed by atoms with Crippen molar-refractivity contribution in [1.82, 2.24) is 5.32 Å². The molecule has 3 rings (SSSR count). The zero-order valence-electron chi connectivity index (χ0n) is 15.4. The first kappa shape index (κ1) is 21.4. The number of carbonyl (C=O) groups excluding carboxylic acids is 2. The number of hydrogen-bond acceptors (Lipinski definition) is 4. The molecule has 2 amide bonds. The maximum Gasteiger partial charge on any atom is 0.265 e. The number of piperidine rings is 1. The number of benzene rings is 1. The number of carbonyl (C=O) groups is 2. The lowest BCUT2D eigenvalue weighted by molar-refractivity contribution is -0.117. The van der Waals surface area contributed by atoms with Crippen LogP contribution >= 0.6 is 23.7 Å². The molecule has 146 valence electrons. The smallest absolute Gasteiger partial charge is 0.265 e. The van der Waals surface area contributed by atoms with Crippen LogP contribution in [-0.2, 0) is 4.79 Å². The third kappa shape index (κ3) is 6.34. The van der Waals surface area contributed by atoms with E-state index < -0.39 is 0 Å². The van der Waals surface area contributed by atoms with Crippen LogP contribution in [0.15, 0.2) is 41.8 Å². The number of rotatable bonds is 6. The Labute approximate surface area is 170 Å². The Morgan fingerprint density at radius 2 is 1.74 bits per heavy atom. The fourth-order valence-electron chi connectivity index (χ4n) is 3.32. The highest BCUT2D eigenvalue weighted by atomic mass is 35.5. The number of anilines is 2. The summed E-state index contributed by atoms with van der Waals surface area (Å²) in [4.78, 5) is 25.0. The molecule has 1 aromatic carbocycles. The third-order valence-electron chi connectivity index (χ3n) is 4.87. The molecule has 0 bridgehead atoms. The highest BCUT2D eigenvalue weighted by Gasteiger charge is 2.22. The van der Waals surface area contributed by atoms with E-state index in [1.165, 1.54) is 11.3 Å². The Kier molecular flexibility index (Phi) is 8.28. The average molecular weight is 408 g/mol. The Bertz CT molecular complexity index is 728. The zero-order chi connectivity index (χ0) is 18.4. The summed E-state index contributed by atoms with van der Waals surface area (Å²) in [5.74, 6) is 0.942. The second-order valence-electron chi connectivity index (χ2n) is 6.83. The second-order valence-corrected chi connectivity index (χ2v) is 7.77. The number of nitrogens with one attached hydrogen (secondary N) is 3. The van der Waals surface area contributed by atoms with Gasteiger partial charge < -0.3 is 16.0 Å². The summed E-state index contributed by atoms with van der Waals surface area (Å²) >= 11 is 1.41.